The maximum atomic E-state index is 13.4. The van der Waals surface area contributed by atoms with E-state index in [2.05, 4.69) is 10.3 Å². The minimum atomic E-state index is -3.09. The number of nitrogens with one attached hydrogen (secondary N) is 1. The summed E-state index contributed by atoms with van der Waals surface area (Å²) in [5.41, 5.74) is 0.752. The summed E-state index contributed by atoms with van der Waals surface area (Å²) < 4.78 is 35.4. The van der Waals surface area contributed by atoms with E-state index in [-0.39, 0.29) is 34.8 Å². The molecule has 1 aliphatic rings. The van der Waals surface area contributed by atoms with Crippen molar-refractivity contribution in [1.29, 1.82) is 0 Å². The topological polar surface area (TPSA) is 117 Å². The van der Waals surface area contributed by atoms with Gasteiger partial charge < -0.3 is 14.8 Å². The third-order valence-electron chi connectivity index (χ3n) is 5.30. The molecule has 0 spiro atoms. The molecule has 1 atom stereocenters. The molecule has 3 aromatic rings. The van der Waals surface area contributed by atoms with Gasteiger partial charge in [-0.1, -0.05) is 23.9 Å². The molecular formula is C22H23N3O6S2. The molecule has 1 fully saturated rings. The molecule has 9 nitrogen and oxygen atoms in total. The lowest BCUT2D eigenvalue weighted by Gasteiger charge is -2.16. The summed E-state index contributed by atoms with van der Waals surface area (Å²) in [5, 5.41) is 3.53. The van der Waals surface area contributed by atoms with Crippen LogP contribution in [0.1, 0.15) is 6.42 Å². The number of methoxy groups -OCH3 is 2. The molecule has 1 aromatic heterocycles. The lowest BCUT2D eigenvalue weighted by Crippen LogP contribution is -2.36. The molecule has 0 radical (unpaired) electrons. The van der Waals surface area contributed by atoms with Gasteiger partial charge in [0.2, 0.25) is 5.91 Å². The normalized spacial score (nSPS) is 17.1. The molecule has 1 unspecified atom stereocenters. The van der Waals surface area contributed by atoms with Crippen molar-refractivity contribution >= 4 is 38.4 Å². The fraction of sp³-hybridized carbons (Fsp3) is 0.318. The van der Waals surface area contributed by atoms with E-state index in [9.17, 15) is 18.0 Å². The summed E-state index contributed by atoms with van der Waals surface area (Å²) in [5.74, 6) is 0.663. The molecule has 2 aromatic carbocycles. The summed E-state index contributed by atoms with van der Waals surface area (Å²) in [4.78, 5) is 30.5. The lowest BCUT2D eigenvalue weighted by atomic mass is 10.2. The van der Waals surface area contributed by atoms with Crippen LogP contribution in [0.15, 0.2) is 52.4 Å². The van der Waals surface area contributed by atoms with E-state index >= 15 is 0 Å². The molecule has 174 valence electrons. The van der Waals surface area contributed by atoms with Gasteiger partial charge in [-0.25, -0.2) is 13.4 Å². The Labute approximate surface area is 195 Å². The number of thioether (sulfide) groups is 1. The second-order valence-electron chi connectivity index (χ2n) is 7.55. The van der Waals surface area contributed by atoms with Crippen molar-refractivity contribution in [2.45, 2.75) is 17.6 Å². The predicted molar refractivity (Wildman–Crippen MR) is 126 cm³/mol. The molecule has 1 amide bonds. The number of aromatic nitrogens is 2. The largest absolute Gasteiger partial charge is 0.493 e. The Morgan fingerprint density at radius 2 is 1.94 bits per heavy atom. The Bertz CT molecular complexity index is 1370. The maximum Gasteiger partial charge on any atom is 0.266 e. The van der Waals surface area contributed by atoms with Crippen LogP contribution in [0.25, 0.3) is 16.6 Å². The number of benzene rings is 2. The van der Waals surface area contributed by atoms with Crippen LogP contribution in [0.3, 0.4) is 0 Å². The summed E-state index contributed by atoms with van der Waals surface area (Å²) in [7, 11) is -0.0639. The number of ether oxygens (including phenoxy) is 2. The first-order chi connectivity index (χ1) is 15.8. The van der Waals surface area contributed by atoms with Crippen molar-refractivity contribution in [2.24, 2.45) is 0 Å². The SMILES string of the molecule is COc1ccc(-n2c(SCC(=O)NC3CCS(=O)(=O)C3)nc3ccccc3c2=O)cc1OC. The van der Waals surface area contributed by atoms with Gasteiger partial charge in [0.1, 0.15) is 0 Å². The third kappa shape index (κ3) is 4.98. The van der Waals surface area contributed by atoms with Gasteiger partial charge >= 0.3 is 0 Å². The summed E-state index contributed by atoms with van der Waals surface area (Å²) in [6.07, 6.45) is 0.406. The van der Waals surface area contributed by atoms with Crippen LogP contribution in [0.2, 0.25) is 0 Å². The summed E-state index contributed by atoms with van der Waals surface area (Å²) in [6, 6.07) is 11.7. The molecule has 0 aliphatic carbocycles. The fourth-order valence-corrected chi connectivity index (χ4v) is 6.21. The monoisotopic (exact) mass is 489 g/mol. The highest BCUT2D eigenvalue weighted by Gasteiger charge is 2.29. The van der Waals surface area contributed by atoms with Crippen LogP contribution in [-0.4, -0.2) is 61.4 Å². The number of nitrogens with zero attached hydrogens (tertiary/aromatic N) is 2. The van der Waals surface area contributed by atoms with E-state index < -0.39 is 9.84 Å². The van der Waals surface area contributed by atoms with Gasteiger partial charge in [0, 0.05) is 12.1 Å². The number of sulfone groups is 1. The average Bonchev–Trinajstić information content (AvgIpc) is 3.15. The van der Waals surface area contributed by atoms with Crippen molar-refractivity contribution < 1.29 is 22.7 Å². The van der Waals surface area contributed by atoms with Crippen LogP contribution >= 0.6 is 11.8 Å². The molecule has 11 heteroatoms. The number of fused-ring (bicyclic) bond motifs is 1. The zero-order valence-electron chi connectivity index (χ0n) is 18.1. The second kappa shape index (κ2) is 9.44. The maximum absolute atomic E-state index is 13.4. The standard InChI is InChI=1S/C22H23N3O6S2/c1-30-18-8-7-15(11-19(18)31-2)25-21(27)16-5-3-4-6-17(16)24-22(25)32-12-20(26)23-14-9-10-33(28,29)13-14/h3-8,11,14H,9-10,12-13H2,1-2H3,(H,23,26). The predicted octanol–water partition coefficient (Wildman–Crippen LogP) is 1.80. The molecule has 0 saturated carbocycles. The van der Waals surface area contributed by atoms with Crippen molar-refractivity contribution in [2.75, 3.05) is 31.5 Å². The van der Waals surface area contributed by atoms with Gasteiger partial charge in [-0.3, -0.25) is 14.2 Å². The highest BCUT2D eigenvalue weighted by Crippen LogP contribution is 2.30. The zero-order chi connectivity index (χ0) is 23.6. The van der Waals surface area contributed by atoms with Crippen LogP contribution < -0.4 is 20.3 Å². The lowest BCUT2D eigenvalue weighted by molar-refractivity contribution is -0.119. The number of amides is 1. The minimum absolute atomic E-state index is 0.0192. The van der Waals surface area contributed by atoms with Gasteiger partial charge in [-0.05, 0) is 30.7 Å². The molecular weight excluding hydrogens is 466 g/mol. The van der Waals surface area contributed by atoms with E-state index in [0.29, 0.717) is 39.7 Å². The number of para-hydroxylation sites is 1. The van der Waals surface area contributed by atoms with Crippen molar-refractivity contribution in [3.8, 4) is 17.2 Å². The van der Waals surface area contributed by atoms with Crippen molar-refractivity contribution in [3.05, 3.63) is 52.8 Å². The minimum Gasteiger partial charge on any atom is -0.493 e. The summed E-state index contributed by atoms with van der Waals surface area (Å²) >= 11 is 1.10. The number of hydrogen-bond acceptors (Lipinski definition) is 8. The Morgan fingerprint density at radius 3 is 2.64 bits per heavy atom. The van der Waals surface area contributed by atoms with Crippen LogP contribution in [-0.2, 0) is 14.6 Å². The third-order valence-corrected chi connectivity index (χ3v) is 8.01. The van der Waals surface area contributed by atoms with Crippen molar-refractivity contribution in [3.63, 3.8) is 0 Å². The van der Waals surface area contributed by atoms with E-state index in [1.54, 1.807) is 42.5 Å². The fourth-order valence-electron chi connectivity index (χ4n) is 3.71. The molecule has 33 heavy (non-hydrogen) atoms. The molecule has 1 saturated heterocycles. The number of rotatable bonds is 7. The average molecular weight is 490 g/mol. The zero-order valence-corrected chi connectivity index (χ0v) is 19.7. The van der Waals surface area contributed by atoms with E-state index in [4.69, 9.17) is 9.47 Å². The van der Waals surface area contributed by atoms with E-state index in [1.165, 1.54) is 18.8 Å². The Hall–Kier alpha value is -3.05. The van der Waals surface area contributed by atoms with E-state index in [1.807, 2.05) is 0 Å². The van der Waals surface area contributed by atoms with Gasteiger partial charge in [0.25, 0.3) is 5.56 Å². The quantitative estimate of drug-likeness (QED) is 0.395. The molecule has 2 heterocycles. The molecule has 4 rings (SSSR count). The summed E-state index contributed by atoms with van der Waals surface area (Å²) in [6.45, 7) is 0. The van der Waals surface area contributed by atoms with Crippen molar-refractivity contribution in [1.82, 2.24) is 14.9 Å². The Balaban J connectivity index is 1.67. The van der Waals surface area contributed by atoms with Gasteiger partial charge in [0.05, 0.1) is 48.1 Å². The highest BCUT2D eigenvalue weighted by molar-refractivity contribution is 7.99. The highest BCUT2D eigenvalue weighted by atomic mass is 32.2. The first-order valence-electron chi connectivity index (χ1n) is 10.2. The first kappa shape index (κ1) is 23.1. The second-order valence-corrected chi connectivity index (χ2v) is 10.7. The van der Waals surface area contributed by atoms with Crippen LogP contribution in [0.5, 0.6) is 11.5 Å². The molecule has 0 bridgehead atoms. The Kier molecular flexibility index (Phi) is 6.61. The van der Waals surface area contributed by atoms with Gasteiger partial charge in [-0.2, -0.15) is 0 Å². The van der Waals surface area contributed by atoms with Gasteiger partial charge in [-0.15, -0.1) is 0 Å². The van der Waals surface area contributed by atoms with Crippen LogP contribution in [0, 0.1) is 0 Å². The van der Waals surface area contributed by atoms with Crippen LogP contribution in [0.4, 0.5) is 0 Å². The Morgan fingerprint density at radius 1 is 1.18 bits per heavy atom. The molecule has 1 aliphatic heterocycles. The van der Waals surface area contributed by atoms with Gasteiger partial charge in [0.15, 0.2) is 26.5 Å². The van der Waals surface area contributed by atoms with E-state index in [0.717, 1.165) is 11.8 Å². The smallest absolute Gasteiger partial charge is 0.266 e. The number of carbonyl (C=O) groups is 1. The number of carbonyl (C=O) groups excluding carboxylic acids is 1. The molecule has 1 N–H and O–H groups in total. The first-order valence-corrected chi connectivity index (χ1v) is 13.0. The number of hydrogen-bond donors (Lipinski definition) is 1.